The van der Waals surface area contributed by atoms with Crippen molar-refractivity contribution in [2.75, 3.05) is 25.6 Å². The lowest BCUT2D eigenvalue weighted by Gasteiger charge is -2.22. The summed E-state index contributed by atoms with van der Waals surface area (Å²) in [4.78, 5) is 51.4. The van der Waals surface area contributed by atoms with Crippen LogP contribution in [0.5, 0.6) is 0 Å². The van der Waals surface area contributed by atoms with Crippen molar-refractivity contribution in [2.45, 2.75) is 101 Å². The number of Topliss-reactive ketones (excluding diaryl/α,β-unsaturated/α-hetero) is 1. The average Bonchev–Trinajstić information content (AvgIpc) is 3.96. The van der Waals surface area contributed by atoms with E-state index in [0.29, 0.717) is 29.7 Å². The number of sulfonamides is 1. The molecule has 3 aliphatic rings. The standard InChI is InChI=1S/C44H50N2O8S/c1-3-54-41(48)15-8-26-46(37-24-25-37)55(51,52)38-13-7-12-34(28-38)40(47)29-35-27-33-11-4-5-14-39(33)42(35)43(49)45-36-22-18-31(19-23-36)10-6-9-30-16-20-32(21-17-30)44(50)53-2/h7,12-13,16-23,28,37H,3-6,8-11,14-15,24-27,29H2,1-2H3,(H,45,49). The van der Waals surface area contributed by atoms with Crippen LogP contribution in [-0.2, 0) is 41.9 Å². The predicted octanol–water partition coefficient (Wildman–Crippen LogP) is 7.93. The highest BCUT2D eigenvalue weighted by molar-refractivity contribution is 7.89. The lowest BCUT2D eigenvalue weighted by Crippen LogP contribution is -2.34. The molecule has 3 aromatic rings. The molecule has 0 aliphatic heterocycles. The van der Waals surface area contributed by atoms with E-state index in [0.717, 1.165) is 80.1 Å². The molecule has 11 heteroatoms. The van der Waals surface area contributed by atoms with E-state index in [-0.39, 0.29) is 66.1 Å². The first-order chi connectivity index (χ1) is 26.6. The summed E-state index contributed by atoms with van der Waals surface area (Å²) < 4.78 is 38.8. The van der Waals surface area contributed by atoms with Crippen LogP contribution in [0.1, 0.15) is 109 Å². The van der Waals surface area contributed by atoms with E-state index in [4.69, 9.17) is 9.47 Å². The van der Waals surface area contributed by atoms with Gasteiger partial charge in [0.1, 0.15) is 0 Å². The number of carbonyl (C=O) groups is 4. The van der Waals surface area contributed by atoms with Gasteiger partial charge in [-0.3, -0.25) is 14.4 Å². The number of hydrogen-bond donors (Lipinski definition) is 1. The maximum atomic E-state index is 13.9. The SMILES string of the molecule is CCOC(=O)CCCN(C1CC1)S(=O)(=O)c1cccc(C(=O)CC2=C(C(=O)Nc3ccc(CCCc4ccc(C(=O)OC)cc4)cc3)C3=C(CCCC3)C2)c1. The van der Waals surface area contributed by atoms with Gasteiger partial charge in [-0.15, -0.1) is 0 Å². The Labute approximate surface area is 324 Å². The van der Waals surface area contributed by atoms with Crippen molar-refractivity contribution in [1.29, 1.82) is 0 Å². The first kappa shape index (κ1) is 39.8. The molecule has 1 amide bonds. The Morgan fingerprint density at radius 3 is 2.22 bits per heavy atom. The highest BCUT2D eigenvalue weighted by Gasteiger charge is 2.38. The average molecular weight is 767 g/mol. The second kappa shape index (κ2) is 18.2. The third-order valence-corrected chi connectivity index (χ3v) is 12.5. The molecule has 6 rings (SSSR count). The quantitative estimate of drug-likeness (QED) is 0.102. The van der Waals surface area contributed by atoms with Gasteiger partial charge < -0.3 is 14.8 Å². The Bertz CT molecular complexity index is 2080. The maximum Gasteiger partial charge on any atom is 0.337 e. The van der Waals surface area contributed by atoms with Gasteiger partial charge in [-0.25, -0.2) is 13.2 Å². The molecule has 3 aliphatic carbocycles. The number of nitrogens with zero attached hydrogens (tertiary/aromatic N) is 1. The van der Waals surface area contributed by atoms with E-state index in [9.17, 15) is 27.6 Å². The molecule has 290 valence electrons. The van der Waals surface area contributed by atoms with E-state index in [1.165, 1.54) is 29.1 Å². The predicted molar refractivity (Wildman–Crippen MR) is 210 cm³/mol. The fraction of sp³-hybridized carbons (Fsp3) is 0.409. The van der Waals surface area contributed by atoms with Crippen molar-refractivity contribution in [3.8, 4) is 0 Å². The van der Waals surface area contributed by atoms with Crippen molar-refractivity contribution in [3.63, 3.8) is 0 Å². The molecule has 0 atom stereocenters. The number of esters is 2. The van der Waals surface area contributed by atoms with Crippen LogP contribution in [0.4, 0.5) is 5.69 Å². The Morgan fingerprint density at radius 1 is 0.855 bits per heavy atom. The molecule has 0 bridgehead atoms. The largest absolute Gasteiger partial charge is 0.466 e. The summed E-state index contributed by atoms with van der Waals surface area (Å²) >= 11 is 0. The van der Waals surface area contributed by atoms with Gasteiger partial charge in [0.15, 0.2) is 5.78 Å². The minimum atomic E-state index is -3.90. The molecule has 0 radical (unpaired) electrons. The Hall–Kier alpha value is -4.87. The van der Waals surface area contributed by atoms with Crippen molar-refractivity contribution >= 4 is 39.3 Å². The first-order valence-electron chi connectivity index (χ1n) is 19.4. The second-order valence-corrected chi connectivity index (χ2v) is 16.4. The van der Waals surface area contributed by atoms with Gasteiger partial charge in [0.25, 0.3) is 5.91 Å². The van der Waals surface area contributed by atoms with Crippen LogP contribution >= 0.6 is 0 Å². The van der Waals surface area contributed by atoms with E-state index in [1.54, 1.807) is 31.2 Å². The molecular weight excluding hydrogens is 717 g/mol. The van der Waals surface area contributed by atoms with Crippen LogP contribution in [0.25, 0.3) is 0 Å². The summed E-state index contributed by atoms with van der Waals surface area (Å²) in [5.74, 6) is -1.16. The Morgan fingerprint density at radius 2 is 1.55 bits per heavy atom. The lowest BCUT2D eigenvalue weighted by atomic mass is 9.90. The second-order valence-electron chi connectivity index (χ2n) is 14.5. The Kier molecular flexibility index (Phi) is 13.2. The Balaban J connectivity index is 1.10. The number of methoxy groups -OCH3 is 1. The van der Waals surface area contributed by atoms with E-state index in [1.807, 2.05) is 36.4 Å². The number of allylic oxidation sites excluding steroid dienone is 2. The molecule has 0 heterocycles. The molecule has 1 N–H and O–H groups in total. The van der Waals surface area contributed by atoms with Gasteiger partial charge in [-0.1, -0.05) is 42.0 Å². The molecule has 1 fully saturated rings. The summed E-state index contributed by atoms with van der Waals surface area (Å²) in [6, 6.07) is 21.4. The van der Waals surface area contributed by atoms with Crippen LogP contribution in [0.3, 0.4) is 0 Å². The van der Waals surface area contributed by atoms with E-state index < -0.39 is 10.0 Å². The number of hydrogen-bond acceptors (Lipinski definition) is 8. The number of rotatable bonds is 18. The van der Waals surface area contributed by atoms with E-state index >= 15 is 0 Å². The molecule has 0 aromatic heterocycles. The minimum Gasteiger partial charge on any atom is -0.466 e. The summed E-state index contributed by atoms with van der Waals surface area (Å²) in [5.41, 5.74) is 7.41. The van der Waals surface area contributed by atoms with Crippen molar-refractivity contribution in [3.05, 3.63) is 117 Å². The van der Waals surface area contributed by atoms with Gasteiger partial charge >= 0.3 is 11.9 Å². The number of nitrogens with one attached hydrogen (secondary N) is 1. The number of ketones is 1. The first-order valence-corrected chi connectivity index (χ1v) is 20.8. The van der Waals surface area contributed by atoms with Gasteiger partial charge in [0.2, 0.25) is 10.0 Å². The summed E-state index contributed by atoms with van der Waals surface area (Å²) in [5, 5.41) is 3.08. The monoisotopic (exact) mass is 766 g/mol. The van der Waals surface area contributed by atoms with Gasteiger partial charge in [-0.2, -0.15) is 4.31 Å². The van der Waals surface area contributed by atoms with Crippen molar-refractivity contribution in [1.82, 2.24) is 4.31 Å². The summed E-state index contributed by atoms with van der Waals surface area (Å²) in [6.45, 7) is 2.21. The highest BCUT2D eigenvalue weighted by Crippen LogP contribution is 2.43. The third-order valence-electron chi connectivity index (χ3n) is 10.6. The normalized spacial score (nSPS) is 15.5. The molecule has 0 spiro atoms. The molecule has 0 saturated heterocycles. The minimum absolute atomic E-state index is 0.0233. The molecule has 1 saturated carbocycles. The summed E-state index contributed by atoms with van der Waals surface area (Å²) in [7, 11) is -2.53. The third kappa shape index (κ3) is 10.1. The van der Waals surface area contributed by atoms with Gasteiger partial charge in [-0.05, 0) is 136 Å². The maximum absolute atomic E-state index is 13.9. The van der Waals surface area contributed by atoms with Crippen LogP contribution in [0.15, 0.2) is 100.0 Å². The highest BCUT2D eigenvalue weighted by atomic mass is 32.2. The van der Waals surface area contributed by atoms with Crippen LogP contribution < -0.4 is 5.32 Å². The van der Waals surface area contributed by atoms with Crippen molar-refractivity contribution < 1.29 is 37.1 Å². The van der Waals surface area contributed by atoms with Crippen molar-refractivity contribution in [2.24, 2.45) is 0 Å². The zero-order valence-electron chi connectivity index (χ0n) is 31.7. The van der Waals surface area contributed by atoms with Crippen LogP contribution in [0, 0.1) is 0 Å². The molecule has 55 heavy (non-hydrogen) atoms. The smallest absolute Gasteiger partial charge is 0.337 e. The number of aryl methyl sites for hydroxylation is 2. The lowest BCUT2D eigenvalue weighted by molar-refractivity contribution is -0.143. The van der Waals surface area contributed by atoms with Crippen LogP contribution in [-0.4, -0.2) is 62.7 Å². The fourth-order valence-electron chi connectivity index (χ4n) is 7.58. The zero-order valence-corrected chi connectivity index (χ0v) is 32.6. The van der Waals surface area contributed by atoms with E-state index in [2.05, 4.69) is 5.32 Å². The molecule has 10 nitrogen and oxygen atoms in total. The van der Waals surface area contributed by atoms with Gasteiger partial charge in [0, 0.05) is 42.3 Å². The fourth-order valence-corrected chi connectivity index (χ4v) is 9.35. The molecule has 3 aromatic carbocycles. The molecular formula is C44H50N2O8S. The number of carbonyl (C=O) groups excluding carboxylic acids is 4. The number of ether oxygens (including phenoxy) is 2. The van der Waals surface area contributed by atoms with Crippen LogP contribution in [0.2, 0.25) is 0 Å². The number of amides is 1. The summed E-state index contributed by atoms with van der Waals surface area (Å²) in [6.07, 6.45) is 8.97. The van der Waals surface area contributed by atoms with Gasteiger partial charge in [0.05, 0.1) is 24.2 Å². The number of benzene rings is 3. The topological polar surface area (TPSA) is 136 Å². The zero-order chi connectivity index (χ0) is 39.0. The number of anilines is 1. The molecule has 0 unspecified atom stereocenters.